The first-order valence-corrected chi connectivity index (χ1v) is 8.29. The van der Waals surface area contributed by atoms with E-state index >= 15 is 0 Å². The summed E-state index contributed by atoms with van der Waals surface area (Å²) in [5.41, 5.74) is 1.60. The van der Waals surface area contributed by atoms with Gasteiger partial charge in [0, 0.05) is 18.2 Å². The van der Waals surface area contributed by atoms with Crippen LogP contribution in [0.3, 0.4) is 0 Å². The van der Waals surface area contributed by atoms with E-state index in [1.54, 1.807) is 12.1 Å². The highest BCUT2D eigenvalue weighted by atomic mass is 19.1. The Kier molecular flexibility index (Phi) is 4.93. The zero-order valence-electron chi connectivity index (χ0n) is 13.6. The lowest BCUT2D eigenvalue weighted by atomic mass is 9.79. The van der Waals surface area contributed by atoms with Crippen LogP contribution < -0.4 is 4.74 Å². The maximum atomic E-state index is 13.1. The van der Waals surface area contributed by atoms with Crippen molar-refractivity contribution in [2.24, 2.45) is 5.92 Å². The summed E-state index contributed by atoms with van der Waals surface area (Å²) in [5, 5.41) is 0. The monoisotopic (exact) mass is 330 g/mol. The van der Waals surface area contributed by atoms with E-state index in [1.165, 1.54) is 31.2 Å². The summed E-state index contributed by atoms with van der Waals surface area (Å²) >= 11 is 0. The predicted octanol–water partition coefficient (Wildman–Crippen LogP) is 5.48. The minimum absolute atomic E-state index is 0.136. The van der Waals surface area contributed by atoms with E-state index in [0.29, 0.717) is 11.5 Å². The molecule has 0 radical (unpaired) electrons. The van der Waals surface area contributed by atoms with E-state index in [2.05, 4.69) is 6.92 Å². The Hall–Kier alpha value is -2.23. The molecule has 0 amide bonds. The maximum absolute atomic E-state index is 13.1. The van der Waals surface area contributed by atoms with Gasteiger partial charge in [-0.2, -0.15) is 0 Å². The van der Waals surface area contributed by atoms with Gasteiger partial charge in [0.2, 0.25) is 0 Å². The van der Waals surface area contributed by atoms with Gasteiger partial charge in [-0.3, -0.25) is 0 Å². The number of hydrogen-bond acceptors (Lipinski definition) is 2. The molecule has 0 bridgehead atoms. The van der Waals surface area contributed by atoms with Gasteiger partial charge in [0.05, 0.1) is 5.56 Å². The molecule has 0 saturated heterocycles. The van der Waals surface area contributed by atoms with Gasteiger partial charge in [-0.05, 0) is 42.4 Å². The molecule has 0 atom stereocenters. The summed E-state index contributed by atoms with van der Waals surface area (Å²) < 4.78 is 31.3. The molecule has 126 valence electrons. The van der Waals surface area contributed by atoms with Crippen LogP contribution in [-0.2, 0) is 0 Å². The number of carbonyl (C=O) groups is 1. The number of esters is 1. The maximum Gasteiger partial charge on any atom is 0.343 e. The number of hydrogen-bond donors (Lipinski definition) is 0. The Morgan fingerprint density at radius 1 is 0.958 bits per heavy atom. The van der Waals surface area contributed by atoms with Gasteiger partial charge in [0.15, 0.2) is 0 Å². The summed E-state index contributed by atoms with van der Waals surface area (Å²) in [6, 6.07) is 10.0. The third kappa shape index (κ3) is 3.99. The quantitative estimate of drug-likeness (QED) is 0.550. The lowest BCUT2D eigenvalue weighted by Crippen LogP contribution is -2.12. The molecule has 0 heterocycles. The zero-order chi connectivity index (χ0) is 17.1. The van der Waals surface area contributed by atoms with Crippen molar-refractivity contribution in [2.75, 3.05) is 0 Å². The summed E-state index contributed by atoms with van der Waals surface area (Å²) in [7, 11) is 0. The van der Waals surface area contributed by atoms with E-state index in [-0.39, 0.29) is 5.75 Å². The highest BCUT2D eigenvalue weighted by Crippen LogP contribution is 2.35. The number of benzene rings is 2. The van der Waals surface area contributed by atoms with Gasteiger partial charge in [0.1, 0.15) is 17.4 Å². The summed E-state index contributed by atoms with van der Waals surface area (Å²) in [6.07, 6.45) is 4.82. The van der Waals surface area contributed by atoms with Crippen molar-refractivity contribution in [3.8, 4) is 5.75 Å². The van der Waals surface area contributed by atoms with E-state index in [9.17, 15) is 13.6 Å². The van der Waals surface area contributed by atoms with Crippen LogP contribution in [0.1, 0.15) is 54.4 Å². The lowest BCUT2D eigenvalue weighted by molar-refractivity contribution is 0.0734. The fraction of sp³-hybridized carbons (Fsp3) is 0.350. The van der Waals surface area contributed by atoms with E-state index in [4.69, 9.17) is 4.74 Å². The summed E-state index contributed by atoms with van der Waals surface area (Å²) in [6.45, 7) is 2.28. The molecule has 0 spiro atoms. The van der Waals surface area contributed by atoms with Gasteiger partial charge in [-0.1, -0.05) is 31.9 Å². The Bertz CT molecular complexity index is 697. The molecule has 4 heteroatoms. The van der Waals surface area contributed by atoms with Crippen LogP contribution in [0.25, 0.3) is 0 Å². The fourth-order valence-electron chi connectivity index (χ4n) is 3.24. The van der Waals surface area contributed by atoms with Crippen molar-refractivity contribution >= 4 is 5.97 Å². The summed E-state index contributed by atoms with van der Waals surface area (Å²) in [5.74, 6) is -0.975. The zero-order valence-corrected chi connectivity index (χ0v) is 13.6. The molecule has 0 N–H and O–H groups in total. The average Bonchev–Trinajstić information content (AvgIpc) is 2.55. The highest BCUT2D eigenvalue weighted by molar-refractivity contribution is 5.91. The van der Waals surface area contributed by atoms with E-state index in [0.717, 1.165) is 24.1 Å². The number of rotatable bonds is 3. The first kappa shape index (κ1) is 16.6. The third-order valence-electron chi connectivity index (χ3n) is 4.68. The third-order valence-corrected chi connectivity index (χ3v) is 4.68. The standard InChI is InChI=1S/C20H20F2O2/c1-13-2-4-14(5-3-13)15-6-8-16(9-7-15)20(23)24-19-11-17(21)10-18(22)12-19/h6-14H,2-5H2,1H3. The largest absolute Gasteiger partial charge is 0.423 e. The van der Waals surface area contributed by atoms with Crippen molar-refractivity contribution < 1.29 is 18.3 Å². The molecule has 1 fully saturated rings. The topological polar surface area (TPSA) is 26.3 Å². The Balaban J connectivity index is 1.67. The fourth-order valence-corrected chi connectivity index (χ4v) is 3.24. The lowest BCUT2D eigenvalue weighted by Gasteiger charge is -2.26. The Morgan fingerprint density at radius 3 is 2.12 bits per heavy atom. The molecule has 2 nitrogen and oxygen atoms in total. The van der Waals surface area contributed by atoms with Crippen LogP contribution in [0, 0.1) is 17.6 Å². The smallest absolute Gasteiger partial charge is 0.343 e. The van der Waals surface area contributed by atoms with Crippen molar-refractivity contribution in [1.82, 2.24) is 0 Å². The van der Waals surface area contributed by atoms with Crippen LogP contribution in [0.5, 0.6) is 5.75 Å². The molecule has 0 aliphatic heterocycles. The van der Waals surface area contributed by atoms with Gasteiger partial charge < -0.3 is 4.74 Å². The van der Waals surface area contributed by atoms with Crippen molar-refractivity contribution in [2.45, 2.75) is 38.5 Å². The molecule has 24 heavy (non-hydrogen) atoms. The van der Waals surface area contributed by atoms with Crippen molar-refractivity contribution in [3.05, 3.63) is 65.2 Å². The summed E-state index contributed by atoms with van der Waals surface area (Å²) in [4.78, 5) is 12.1. The highest BCUT2D eigenvalue weighted by Gasteiger charge is 2.20. The van der Waals surface area contributed by atoms with Crippen molar-refractivity contribution in [3.63, 3.8) is 0 Å². The second-order valence-corrected chi connectivity index (χ2v) is 6.57. The van der Waals surface area contributed by atoms with E-state index < -0.39 is 17.6 Å². The second-order valence-electron chi connectivity index (χ2n) is 6.57. The molecule has 2 aromatic carbocycles. The first-order valence-electron chi connectivity index (χ1n) is 8.29. The second kappa shape index (κ2) is 7.12. The Morgan fingerprint density at radius 2 is 1.54 bits per heavy atom. The van der Waals surface area contributed by atoms with Gasteiger partial charge >= 0.3 is 5.97 Å². The number of ether oxygens (including phenoxy) is 1. The molecule has 0 aromatic heterocycles. The molecule has 0 unspecified atom stereocenters. The van der Waals surface area contributed by atoms with Crippen LogP contribution in [-0.4, -0.2) is 5.97 Å². The van der Waals surface area contributed by atoms with Crippen LogP contribution in [0.15, 0.2) is 42.5 Å². The van der Waals surface area contributed by atoms with Crippen molar-refractivity contribution in [1.29, 1.82) is 0 Å². The molecular formula is C20H20F2O2. The first-order chi connectivity index (χ1) is 11.5. The van der Waals surface area contributed by atoms with Gasteiger partial charge in [-0.15, -0.1) is 0 Å². The normalized spacial score (nSPS) is 20.6. The van der Waals surface area contributed by atoms with Gasteiger partial charge in [-0.25, -0.2) is 13.6 Å². The minimum atomic E-state index is -0.778. The van der Waals surface area contributed by atoms with Crippen LogP contribution in [0.2, 0.25) is 0 Å². The molecular weight excluding hydrogens is 310 g/mol. The molecule has 1 aliphatic rings. The molecule has 1 saturated carbocycles. The number of carbonyl (C=O) groups excluding carboxylic acids is 1. The molecule has 3 rings (SSSR count). The Labute approximate surface area is 140 Å². The molecule has 2 aromatic rings. The predicted molar refractivity (Wildman–Crippen MR) is 88.1 cm³/mol. The minimum Gasteiger partial charge on any atom is -0.423 e. The van der Waals surface area contributed by atoms with E-state index in [1.807, 2.05) is 12.1 Å². The van der Waals surface area contributed by atoms with Crippen LogP contribution >= 0.6 is 0 Å². The van der Waals surface area contributed by atoms with Crippen LogP contribution in [0.4, 0.5) is 8.78 Å². The number of halogens is 2. The molecule has 1 aliphatic carbocycles. The SMILES string of the molecule is CC1CCC(c2ccc(C(=O)Oc3cc(F)cc(F)c3)cc2)CC1. The van der Waals surface area contributed by atoms with Gasteiger partial charge in [0.25, 0.3) is 0 Å². The average molecular weight is 330 g/mol.